The maximum Gasteiger partial charge on any atom is 0.251 e. The van der Waals surface area contributed by atoms with Crippen molar-refractivity contribution in [3.63, 3.8) is 0 Å². The molecule has 2 amide bonds. The van der Waals surface area contributed by atoms with Crippen molar-refractivity contribution in [1.29, 1.82) is 0 Å². The molecule has 1 aliphatic heterocycles. The summed E-state index contributed by atoms with van der Waals surface area (Å²) in [6.07, 6.45) is 1.44. The molecule has 0 atom stereocenters. The Hall–Kier alpha value is -2.09. The summed E-state index contributed by atoms with van der Waals surface area (Å²) in [5.41, 5.74) is 0.938. The SMILES string of the molecule is CCCNC(=O)CNC(=O)c1ccc(N2CCCS2(=O)=O)cc1. The lowest BCUT2D eigenvalue weighted by Gasteiger charge is -2.17. The van der Waals surface area contributed by atoms with Crippen molar-refractivity contribution in [2.24, 2.45) is 0 Å². The van der Waals surface area contributed by atoms with Gasteiger partial charge in [-0.05, 0) is 37.1 Å². The molecule has 2 rings (SSSR count). The highest BCUT2D eigenvalue weighted by Crippen LogP contribution is 2.24. The number of rotatable bonds is 6. The molecule has 0 bridgehead atoms. The molecular weight excluding hydrogens is 318 g/mol. The van der Waals surface area contributed by atoms with Gasteiger partial charge in [0.05, 0.1) is 18.0 Å². The number of anilines is 1. The second-order valence-corrected chi connectivity index (χ2v) is 7.33. The quantitative estimate of drug-likeness (QED) is 0.788. The van der Waals surface area contributed by atoms with Crippen molar-refractivity contribution >= 4 is 27.5 Å². The molecule has 0 unspecified atom stereocenters. The molecule has 1 fully saturated rings. The van der Waals surface area contributed by atoms with Crippen molar-refractivity contribution in [1.82, 2.24) is 10.6 Å². The lowest BCUT2D eigenvalue weighted by Crippen LogP contribution is -2.37. The van der Waals surface area contributed by atoms with E-state index in [2.05, 4.69) is 10.6 Å². The molecule has 1 saturated heterocycles. The standard InChI is InChI=1S/C15H21N3O4S/c1-2-8-16-14(19)11-17-15(20)12-4-6-13(7-5-12)18-9-3-10-23(18,21)22/h4-7H,2-3,8-11H2,1H3,(H,16,19)(H,17,20). The number of hydrogen-bond donors (Lipinski definition) is 2. The molecule has 0 aromatic heterocycles. The largest absolute Gasteiger partial charge is 0.355 e. The zero-order valence-corrected chi connectivity index (χ0v) is 13.9. The summed E-state index contributed by atoms with van der Waals surface area (Å²) >= 11 is 0. The average Bonchev–Trinajstić information content (AvgIpc) is 2.90. The molecule has 1 aromatic carbocycles. The summed E-state index contributed by atoms with van der Waals surface area (Å²) in [6, 6.07) is 6.33. The summed E-state index contributed by atoms with van der Waals surface area (Å²) in [7, 11) is -3.22. The summed E-state index contributed by atoms with van der Waals surface area (Å²) in [6.45, 7) is 2.90. The van der Waals surface area contributed by atoms with E-state index < -0.39 is 10.0 Å². The first-order chi connectivity index (χ1) is 10.9. The van der Waals surface area contributed by atoms with Crippen LogP contribution >= 0.6 is 0 Å². The molecule has 7 nitrogen and oxygen atoms in total. The van der Waals surface area contributed by atoms with Crippen LogP contribution in [-0.4, -0.2) is 45.6 Å². The van der Waals surface area contributed by atoms with E-state index in [4.69, 9.17) is 0 Å². The Bertz CT molecular complexity index is 670. The second-order valence-electron chi connectivity index (χ2n) is 5.32. The number of hydrogen-bond acceptors (Lipinski definition) is 4. The second kappa shape index (κ2) is 7.45. The molecule has 8 heteroatoms. The van der Waals surface area contributed by atoms with Gasteiger partial charge in [-0.25, -0.2) is 8.42 Å². The highest BCUT2D eigenvalue weighted by Gasteiger charge is 2.28. The number of nitrogens with one attached hydrogen (secondary N) is 2. The van der Waals surface area contributed by atoms with Crippen LogP contribution in [0.5, 0.6) is 0 Å². The van der Waals surface area contributed by atoms with E-state index >= 15 is 0 Å². The molecule has 2 N–H and O–H groups in total. The van der Waals surface area contributed by atoms with Crippen molar-refractivity contribution in [3.8, 4) is 0 Å². The van der Waals surface area contributed by atoms with E-state index in [1.807, 2.05) is 6.92 Å². The van der Waals surface area contributed by atoms with Gasteiger partial charge in [0.1, 0.15) is 0 Å². The Morgan fingerprint density at radius 1 is 1.17 bits per heavy atom. The summed E-state index contributed by atoms with van der Waals surface area (Å²) < 4.78 is 25.0. The van der Waals surface area contributed by atoms with Crippen LogP contribution in [0.1, 0.15) is 30.1 Å². The molecular formula is C15H21N3O4S. The zero-order valence-electron chi connectivity index (χ0n) is 13.0. The molecule has 0 saturated carbocycles. The van der Waals surface area contributed by atoms with E-state index in [9.17, 15) is 18.0 Å². The fraction of sp³-hybridized carbons (Fsp3) is 0.467. The average molecular weight is 339 g/mol. The number of amides is 2. The van der Waals surface area contributed by atoms with Crippen molar-refractivity contribution < 1.29 is 18.0 Å². The molecule has 0 spiro atoms. The van der Waals surface area contributed by atoms with Crippen LogP contribution in [0.25, 0.3) is 0 Å². The molecule has 0 radical (unpaired) electrons. The van der Waals surface area contributed by atoms with Crippen LogP contribution in [0.3, 0.4) is 0 Å². The first-order valence-electron chi connectivity index (χ1n) is 7.59. The minimum absolute atomic E-state index is 0.0823. The molecule has 1 heterocycles. The fourth-order valence-electron chi connectivity index (χ4n) is 2.30. The van der Waals surface area contributed by atoms with Gasteiger partial charge in [-0.15, -0.1) is 0 Å². The smallest absolute Gasteiger partial charge is 0.251 e. The predicted octanol–water partition coefficient (Wildman–Crippen LogP) is 0.482. The van der Waals surface area contributed by atoms with Crippen molar-refractivity contribution in [2.45, 2.75) is 19.8 Å². The van der Waals surface area contributed by atoms with Gasteiger partial charge in [0.15, 0.2) is 0 Å². The van der Waals surface area contributed by atoms with Crippen LogP contribution in [0.4, 0.5) is 5.69 Å². The highest BCUT2D eigenvalue weighted by molar-refractivity contribution is 7.93. The molecule has 126 valence electrons. The fourth-order valence-corrected chi connectivity index (χ4v) is 3.86. The number of carbonyl (C=O) groups is 2. The Morgan fingerprint density at radius 3 is 2.43 bits per heavy atom. The van der Waals surface area contributed by atoms with Crippen LogP contribution in [0, 0.1) is 0 Å². The van der Waals surface area contributed by atoms with Gasteiger partial charge in [-0.3, -0.25) is 13.9 Å². The number of carbonyl (C=O) groups excluding carboxylic acids is 2. The minimum atomic E-state index is -3.22. The lowest BCUT2D eigenvalue weighted by molar-refractivity contribution is -0.120. The van der Waals surface area contributed by atoms with Crippen molar-refractivity contribution in [3.05, 3.63) is 29.8 Å². The van der Waals surface area contributed by atoms with E-state index in [1.165, 1.54) is 4.31 Å². The van der Waals surface area contributed by atoms with Gasteiger partial charge >= 0.3 is 0 Å². The summed E-state index contributed by atoms with van der Waals surface area (Å²) in [5, 5.41) is 5.20. The third kappa shape index (κ3) is 4.44. The van der Waals surface area contributed by atoms with Gasteiger partial charge in [-0.2, -0.15) is 0 Å². The zero-order chi connectivity index (χ0) is 16.9. The third-order valence-electron chi connectivity index (χ3n) is 3.50. The van der Waals surface area contributed by atoms with E-state index in [0.717, 1.165) is 6.42 Å². The Morgan fingerprint density at radius 2 is 1.87 bits per heavy atom. The highest BCUT2D eigenvalue weighted by atomic mass is 32.2. The maximum absolute atomic E-state index is 12.0. The Balaban J connectivity index is 1.94. The van der Waals surface area contributed by atoms with E-state index in [-0.39, 0.29) is 24.1 Å². The lowest BCUT2D eigenvalue weighted by atomic mass is 10.2. The monoisotopic (exact) mass is 339 g/mol. The van der Waals surface area contributed by atoms with E-state index in [1.54, 1.807) is 24.3 Å². The summed E-state index contributed by atoms with van der Waals surface area (Å²) in [4.78, 5) is 23.4. The first kappa shape index (κ1) is 17.3. The maximum atomic E-state index is 12.0. The minimum Gasteiger partial charge on any atom is -0.355 e. The molecule has 1 aromatic rings. The summed E-state index contributed by atoms with van der Waals surface area (Å²) in [5.74, 6) is -0.449. The van der Waals surface area contributed by atoms with Crippen molar-refractivity contribution in [2.75, 3.05) is 29.7 Å². The van der Waals surface area contributed by atoms with Crippen LogP contribution in [-0.2, 0) is 14.8 Å². The topological polar surface area (TPSA) is 95.6 Å². The normalized spacial score (nSPS) is 16.1. The molecule has 23 heavy (non-hydrogen) atoms. The van der Waals surface area contributed by atoms with E-state index in [0.29, 0.717) is 30.8 Å². The third-order valence-corrected chi connectivity index (χ3v) is 5.37. The van der Waals surface area contributed by atoms with Gasteiger partial charge in [0.2, 0.25) is 15.9 Å². The Kier molecular flexibility index (Phi) is 5.59. The predicted molar refractivity (Wildman–Crippen MR) is 87.8 cm³/mol. The molecule has 0 aliphatic carbocycles. The number of nitrogens with zero attached hydrogens (tertiary/aromatic N) is 1. The van der Waals surface area contributed by atoms with Crippen LogP contribution in [0.15, 0.2) is 24.3 Å². The van der Waals surface area contributed by atoms with Gasteiger partial charge < -0.3 is 10.6 Å². The van der Waals surface area contributed by atoms with Gasteiger partial charge in [0, 0.05) is 18.7 Å². The van der Waals surface area contributed by atoms with Gasteiger partial charge in [0.25, 0.3) is 5.91 Å². The first-order valence-corrected chi connectivity index (χ1v) is 9.20. The van der Waals surface area contributed by atoms with Crippen LogP contribution < -0.4 is 14.9 Å². The molecule has 1 aliphatic rings. The van der Waals surface area contributed by atoms with Crippen LogP contribution in [0.2, 0.25) is 0 Å². The number of benzene rings is 1. The number of sulfonamides is 1. The Labute approximate surface area is 136 Å². The van der Waals surface area contributed by atoms with Gasteiger partial charge in [-0.1, -0.05) is 6.92 Å².